The number of hydrogen-bond acceptors (Lipinski definition) is 9. The summed E-state index contributed by atoms with van der Waals surface area (Å²) in [5, 5.41) is 28.3. The molecular weight excluding hydrogens is 795 g/mol. The molecule has 3 saturated heterocycles. The van der Waals surface area contributed by atoms with Gasteiger partial charge in [0, 0.05) is 43.2 Å². The Balaban J connectivity index is 0.878. The fraction of sp³-hybridized carbons (Fsp3) is 0.314. The van der Waals surface area contributed by atoms with E-state index in [2.05, 4.69) is 26.6 Å². The number of carbonyl (C=O) groups is 2. The number of nitrogens with zero attached hydrogens (tertiary/aromatic N) is 2. The number of phenolic OH excluding ortho intramolecular Hbond substituents is 1. The number of carbonyl (C=O) groups excluding carboxylic acids is 2. The van der Waals surface area contributed by atoms with Gasteiger partial charge in [-0.05, 0) is 116 Å². The predicted molar refractivity (Wildman–Crippen MR) is 243 cm³/mol. The van der Waals surface area contributed by atoms with Gasteiger partial charge in [-0.3, -0.25) is 14.5 Å². The Hall–Kier alpha value is -6.47. The monoisotopic (exact) mass is 849 g/mol. The molecule has 3 fully saturated rings. The van der Waals surface area contributed by atoms with Crippen LogP contribution in [0.2, 0.25) is 0 Å². The van der Waals surface area contributed by atoms with Gasteiger partial charge in [0.15, 0.2) is 0 Å². The Morgan fingerprint density at radius 2 is 1.65 bits per heavy atom. The molecule has 12 nitrogen and oxygen atoms in total. The van der Waals surface area contributed by atoms with Crippen LogP contribution in [-0.2, 0) is 17.9 Å². The van der Waals surface area contributed by atoms with Gasteiger partial charge in [0.2, 0.25) is 5.56 Å². The SMILES string of the molecule is Cc1cccc(CN(CCCNCC(O)c2ccc(O)c3[nH]c(=O)ccc23)C(=O)c2ccc(COc3cccc([C@@H](NC(=O)OC4CN5CCC4CC5)c4ccccc4)c3)cc2)c1. The molecule has 0 radical (unpaired) electrons. The number of aromatic hydroxyl groups is 1. The van der Waals surface area contributed by atoms with Crippen LogP contribution < -0.4 is 20.9 Å². The summed E-state index contributed by atoms with van der Waals surface area (Å²) in [6, 6.07) is 38.9. The highest BCUT2D eigenvalue weighted by Crippen LogP contribution is 2.32. The summed E-state index contributed by atoms with van der Waals surface area (Å²) >= 11 is 0. The van der Waals surface area contributed by atoms with Gasteiger partial charge in [0.05, 0.1) is 17.7 Å². The maximum atomic E-state index is 14.0. The number of amides is 2. The van der Waals surface area contributed by atoms with E-state index in [1.165, 1.54) is 12.1 Å². The second-order valence-electron chi connectivity index (χ2n) is 16.7. The largest absolute Gasteiger partial charge is 0.506 e. The van der Waals surface area contributed by atoms with Crippen molar-refractivity contribution in [1.29, 1.82) is 0 Å². The molecule has 0 saturated carbocycles. The van der Waals surface area contributed by atoms with E-state index >= 15 is 0 Å². The van der Waals surface area contributed by atoms with E-state index < -0.39 is 18.2 Å². The van der Waals surface area contributed by atoms with Crippen molar-refractivity contribution in [1.82, 2.24) is 25.4 Å². The molecule has 0 aliphatic carbocycles. The number of alkyl carbamates (subject to hydrolysis) is 1. The first-order chi connectivity index (χ1) is 30.7. The third-order valence-corrected chi connectivity index (χ3v) is 12.2. The minimum absolute atomic E-state index is 0.0589. The molecule has 12 heteroatoms. The van der Waals surface area contributed by atoms with Crippen LogP contribution in [-0.4, -0.2) is 82.4 Å². The van der Waals surface area contributed by atoms with Crippen LogP contribution >= 0.6 is 0 Å². The molecule has 326 valence electrons. The Labute approximate surface area is 367 Å². The number of aromatic nitrogens is 1. The van der Waals surface area contributed by atoms with Crippen molar-refractivity contribution in [2.24, 2.45) is 5.92 Å². The first-order valence-electron chi connectivity index (χ1n) is 21.8. The number of nitrogens with one attached hydrogen (secondary N) is 3. The molecular formula is C51H55N5O7. The number of aliphatic hydroxyl groups excluding tert-OH is 1. The van der Waals surface area contributed by atoms with Gasteiger partial charge in [0.1, 0.15) is 24.2 Å². The molecule has 2 unspecified atom stereocenters. The number of hydrogen-bond donors (Lipinski definition) is 5. The molecule has 4 heterocycles. The van der Waals surface area contributed by atoms with E-state index in [4.69, 9.17) is 9.47 Å². The Morgan fingerprint density at radius 1 is 0.873 bits per heavy atom. The maximum Gasteiger partial charge on any atom is 0.408 e. The third kappa shape index (κ3) is 11.0. The topological polar surface area (TPSA) is 156 Å². The zero-order valence-electron chi connectivity index (χ0n) is 35.5. The van der Waals surface area contributed by atoms with Crippen molar-refractivity contribution in [3.05, 3.63) is 177 Å². The summed E-state index contributed by atoms with van der Waals surface area (Å²) in [6.07, 6.45) is 1.37. The predicted octanol–water partition coefficient (Wildman–Crippen LogP) is 7.39. The second kappa shape index (κ2) is 20.1. The van der Waals surface area contributed by atoms with Gasteiger partial charge in [-0.2, -0.15) is 0 Å². The molecule has 3 aliphatic heterocycles. The van der Waals surface area contributed by atoms with Gasteiger partial charge in [-0.1, -0.05) is 90.5 Å². The lowest BCUT2D eigenvalue weighted by Crippen LogP contribution is -2.52. The standard InChI is InChI=1S/C51H55N5O7/c1-34-8-5-9-36(28-34)31-56(25-7-24-52-30-45(58)42-18-20-44(57)49-43(42)19-21-47(59)53-49)50(60)39-16-14-35(15-17-39)33-62-41-13-6-12-40(29-41)48(38-10-3-2-4-11-38)54-51(61)63-46-32-55-26-22-37(46)23-27-55/h2-6,8-21,28-29,37,45-46,48,52,57-58H,7,22-27,30-33H2,1H3,(H,53,59)(H,54,61)/t45?,46?,48-/m0/s1. The van der Waals surface area contributed by atoms with E-state index in [1.807, 2.05) is 109 Å². The fourth-order valence-corrected chi connectivity index (χ4v) is 8.79. The smallest absolute Gasteiger partial charge is 0.408 e. The van der Waals surface area contributed by atoms with Gasteiger partial charge in [-0.25, -0.2) is 4.79 Å². The highest BCUT2D eigenvalue weighted by molar-refractivity contribution is 5.94. The number of piperidine rings is 3. The molecule has 5 N–H and O–H groups in total. The third-order valence-electron chi connectivity index (χ3n) is 12.2. The minimum Gasteiger partial charge on any atom is -0.506 e. The molecule has 63 heavy (non-hydrogen) atoms. The quantitative estimate of drug-likeness (QED) is 0.0591. The summed E-state index contributed by atoms with van der Waals surface area (Å²) in [4.78, 5) is 46.0. The number of aryl methyl sites for hydroxylation is 1. The van der Waals surface area contributed by atoms with Crippen molar-refractivity contribution in [3.63, 3.8) is 0 Å². The molecule has 0 spiro atoms. The van der Waals surface area contributed by atoms with Crippen LogP contribution in [0.5, 0.6) is 11.5 Å². The normalized spacial score (nSPS) is 17.8. The zero-order valence-corrected chi connectivity index (χ0v) is 35.5. The number of ether oxygens (including phenoxy) is 2. The summed E-state index contributed by atoms with van der Waals surface area (Å²) < 4.78 is 12.3. The van der Waals surface area contributed by atoms with Crippen molar-refractivity contribution in [2.45, 2.75) is 57.6 Å². The van der Waals surface area contributed by atoms with Crippen molar-refractivity contribution >= 4 is 22.9 Å². The van der Waals surface area contributed by atoms with E-state index in [9.17, 15) is 24.6 Å². The van der Waals surface area contributed by atoms with Crippen LogP contribution in [0.15, 0.2) is 132 Å². The number of aliphatic hydroxyl groups is 1. The summed E-state index contributed by atoms with van der Waals surface area (Å²) in [7, 11) is 0. The highest BCUT2D eigenvalue weighted by atomic mass is 16.6. The molecule has 3 atom stereocenters. The first-order valence-corrected chi connectivity index (χ1v) is 21.8. The van der Waals surface area contributed by atoms with Gasteiger partial charge in [0.25, 0.3) is 5.91 Å². The summed E-state index contributed by atoms with van der Waals surface area (Å²) in [6.45, 7) is 6.97. The van der Waals surface area contributed by atoms with Crippen LogP contribution in [0.1, 0.15) is 75.1 Å². The lowest BCUT2D eigenvalue weighted by molar-refractivity contribution is -0.0336. The fourth-order valence-electron chi connectivity index (χ4n) is 8.79. The average molecular weight is 850 g/mol. The van der Waals surface area contributed by atoms with Gasteiger partial charge in [-0.15, -0.1) is 0 Å². The number of benzene rings is 5. The number of phenols is 1. The van der Waals surface area contributed by atoms with Crippen molar-refractivity contribution < 1.29 is 29.3 Å². The van der Waals surface area contributed by atoms with E-state index in [-0.39, 0.29) is 42.0 Å². The van der Waals surface area contributed by atoms with E-state index in [0.29, 0.717) is 54.2 Å². The second-order valence-corrected chi connectivity index (χ2v) is 16.7. The number of rotatable bonds is 17. The highest BCUT2D eigenvalue weighted by Gasteiger charge is 2.37. The first kappa shape index (κ1) is 43.2. The number of pyridine rings is 1. The lowest BCUT2D eigenvalue weighted by Gasteiger charge is -2.43. The minimum atomic E-state index is -0.881. The molecule has 3 aliphatic rings. The van der Waals surface area contributed by atoms with Crippen molar-refractivity contribution in [2.75, 3.05) is 39.3 Å². The number of aromatic amines is 1. The molecule has 5 aromatic carbocycles. The lowest BCUT2D eigenvalue weighted by atomic mass is 9.86. The molecule has 2 amide bonds. The van der Waals surface area contributed by atoms with Crippen LogP contribution in [0.25, 0.3) is 10.9 Å². The Bertz CT molecular complexity index is 2560. The zero-order chi connectivity index (χ0) is 43.7. The number of fused-ring (bicyclic) bond motifs is 4. The van der Waals surface area contributed by atoms with Gasteiger partial charge < -0.3 is 40.2 Å². The van der Waals surface area contributed by atoms with Crippen LogP contribution in [0.4, 0.5) is 4.79 Å². The van der Waals surface area contributed by atoms with E-state index in [1.54, 1.807) is 12.1 Å². The molecule has 6 aromatic rings. The van der Waals surface area contributed by atoms with Gasteiger partial charge >= 0.3 is 6.09 Å². The number of H-pyrrole nitrogens is 1. The molecule has 9 rings (SSSR count). The van der Waals surface area contributed by atoms with E-state index in [0.717, 1.165) is 60.3 Å². The van der Waals surface area contributed by atoms with Crippen LogP contribution in [0, 0.1) is 12.8 Å². The molecule has 2 bridgehead atoms. The van der Waals surface area contributed by atoms with Crippen LogP contribution in [0.3, 0.4) is 0 Å². The average Bonchev–Trinajstić information content (AvgIpc) is 3.30. The maximum absolute atomic E-state index is 14.0. The van der Waals surface area contributed by atoms with Crippen molar-refractivity contribution in [3.8, 4) is 11.5 Å². The summed E-state index contributed by atoms with van der Waals surface area (Å²) in [5.74, 6) is 0.916. The Kier molecular flexibility index (Phi) is 13.8. The Morgan fingerprint density at radius 3 is 2.41 bits per heavy atom. The summed E-state index contributed by atoms with van der Waals surface area (Å²) in [5.41, 5.74) is 5.97. The molecule has 1 aromatic heterocycles.